The van der Waals surface area contributed by atoms with Crippen LogP contribution in [0.15, 0.2) is 114 Å². The molecular weight excluding hydrogens is 422 g/mol. The minimum Gasteiger partial charge on any atom is -0.313 e. The van der Waals surface area contributed by atoms with Crippen LogP contribution in [0.4, 0.5) is 0 Å². The summed E-state index contributed by atoms with van der Waals surface area (Å²) < 4.78 is 2.97. The molecule has 3 nitrogen and oxygen atoms in total. The van der Waals surface area contributed by atoms with Crippen molar-refractivity contribution in [1.82, 2.24) is 14.5 Å². The fourth-order valence-electron chi connectivity index (χ4n) is 4.11. The minimum absolute atomic E-state index is 0.575. The average molecular weight is 440 g/mol. The molecule has 0 spiro atoms. The molecule has 0 aliphatic heterocycles. The molecule has 3 aromatic carbocycles. The van der Waals surface area contributed by atoms with Gasteiger partial charge in [0.15, 0.2) is 5.65 Å². The number of aromatic nitrogens is 3. The van der Waals surface area contributed by atoms with Gasteiger partial charge < -0.3 is 4.57 Å². The molecule has 4 heteroatoms. The van der Waals surface area contributed by atoms with E-state index >= 15 is 0 Å². The van der Waals surface area contributed by atoms with Crippen LogP contribution in [0.1, 0.15) is 16.7 Å². The first-order chi connectivity index (χ1) is 14.3. The van der Waals surface area contributed by atoms with E-state index in [0.29, 0.717) is 0 Å². The third kappa shape index (κ3) is 2.88. The maximum absolute atomic E-state index is 4.74. The number of nitrogens with zero attached hydrogens (tertiary/aromatic N) is 3. The van der Waals surface area contributed by atoms with Crippen molar-refractivity contribution in [1.29, 1.82) is 0 Å². The standard InChI is InChI=1S/C25H18BrN3/c26-23-18-27-24-22(28-23)16-17-29(24)25(19-10-4-1-5-11-19,20-12-6-2-7-13-20)21-14-8-3-9-15-21/h1-18H. The molecule has 5 aromatic rings. The molecule has 0 saturated carbocycles. The second-order valence-electron chi connectivity index (χ2n) is 6.90. The quantitative estimate of drug-likeness (QED) is 0.320. The maximum atomic E-state index is 4.74. The third-order valence-corrected chi connectivity index (χ3v) is 5.68. The summed E-state index contributed by atoms with van der Waals surface area (Å²) in [6, 6.07) is 33.8. The molecule has 0 unspecified atom stereocenters. The van der Waals surface area contributed by atoms with E-state index in [-0.39, 0.29) is 0 Å². The fourth-order valence-corrected chi connectivity index (χ4v) is 4.41. The van der Waals surface area contributed by atoms with Crippen LogP contribution in [0.2, 0.25) is 0 Å². The van der Waals surface area contributed by atoms with Gasteiger partial charge in [0.1, 0.15) is 15.7 Å². The SMILES string of the molecule is Brc1cnc2c(ccn2C(c2ccccc2)(c2ccccc2)c2ccccc2)n1. The van der Waals surface area contributed by atoms with Crippen LogP contribution in [0.5, 0.6) is 0 Å². The van der Waals surface area contributed by atoms with E-state index in [4.69, 9.17) is 4.98 Å². The molecule has 0 N–H and O–H groups in total. The van der Waals surface area contributed by atoms with E-state index in [1.54, 1.807) is 6.20 Å². The Balaban J connectivity index is 1.95. The zero-order valence-corrected chi connectivity index (χ0v) is 17.2. The van der Waals surface area contributed by atoms with Crippen LogP contribution in [-0.2, 0) is 5.54 Å². The number of hydrogen-bond donors (Lipinski definition) is 0. The van der Waals surface area contributed by atoms with E-state index in [2.05, 4.69) is 123 Å². The van der Waals surface area contributed by atoms with Gasteiger partial charge in [0.25, 0.3) is 0 Å². The summed E-state index contributed by atoms with van der Waals surface area (Å²) in [6.07, 6.45) is 3.84. The normalized spacial score (nSPS) is 11.6. The largest absolute Gasteiger partial charge is 0.313 e. The first kappa shape index (κ1) is 17.8. The monoisotopic (exact) mass is 439 g/mol. The number of halogens is 1. The number of rotatable bonds is 4. The van der Waals surface area contributed by atoms with Gasteiger partial charge in [-0.1, -0.05) is 91.0 Å². The molecule has 0 aliphatic carbocycles. The highest BCUT2D eigenvalue weighted by Crippen LogP contribution is 2.42. The van der Waals surface area contributed by atoms with Crippen molar-refractivity contribution >= 4 is 27.1 Å². The fraction of sp³-hybridized carbons (Fsp3) is 0.0400. The summed E-state index contributed by atoms with van der Waals surface area (Å²) in [6.45, 7) is 0. The Bertz CT molecular complexity index is 1150. The van der Waals surface area contributed by atoms with Crippen LogP contribution in [-0.4, -0.2) is 14.5 Å². The lowest BCUT2D eigenvalue weighted by Crippen LogP contribution is -2.37. The van der Waals surface area contributed by atoms with Crippen molar-refractivity contribution in [3.05, 3.63) is 131 Å². The van der Waals surface area contributed by atoms with Gasteiger partial charge in [-0.3, -0.25) is 0 Å². The predicted molar refractivity (Wildman–Crippen MR) is 120 cm³/mol. The molecule has 140 valence electrons. The van der Waals surface area contributed by atoms with Crippen molar-refractivity contribution in [2.24, 2.45) is 0 Å². The summed E-state index contributed by atoms with van der Waals surface area (Å²) in [4.78, 5) is 9.36. The van der Waals surface area contributed by atoms with E-state index in [1.807, 2.05) is 6.07 Å². The molecule has 0 atom stereocenters. The second-order valence-corrected chi connectivity index (χ2v) is 7.71. The Hall–Kier alpha value is -3.24. The van der Waals surface area contributed by atoms with Gasteiger partial charge in [-0.25, -0.2) is 9.97 Å². The molecule has 0 bridgehead atoms. The minimum atomic E-state index is -0.575. The van der Waals surface area contributed by atoms with Gasteiger partial charge in [-0.05, 0) is 38.7 Å². The third-order valence-electron chi connectivity index (χ3n) is 5.30. The summed E-state index contributed by atoms with van der Waals surface area (Å²) >= 11 is 3.44. The van der Waals surface area contributed by atoms with Gasteiger partial charge in [-0.2, -0.15) is 0 Å². The summed E-state index contributed by atoms with van der Waals surface area (Å²) in [5.41, 5.74) is 4.61. The van der Waals surface area contributed by atoms with Gasteiger partial charge >= 0.3 is 0 Å². The van der Waals surface area contributed by atoms with Gasteiger partial charge in [0, 0.05) is 6.20 Å². The Labute approximate surface area is 177 Å². The average Bonchev–Trinajstić information content (AvgIpc) is 3.20. The van der Waals surface area contributed by atoms with Crippen molar-refractivity contribution in [2.45, 2.75) is 5.54 Å². The van der Waals surface area contributed by atoms with Crippen molar-refractivity contribution in [2.75, 3.05) is 0 Å². The molecule has 0 saturated heterocycles. The van der Waals surface area contributed by atoms with E-state index < -0.39 is 5.54 Å². The van der Waals surface area contributed by atoms with Crippen molar-refractivity contribution < 1.29 is 0 Å². The first-order valence-electron chi connectivity index (χ1n) is 9.47. The maximum Gasteiger partial charge on any atom is 0.160 e. The second kappa shape index (κ2) is 7.30. The Morgan fingerprint density at radius 2 is 1.14 bits per heavy atom. The lowest BCUT2D eigenvalue weighted by molar-refractivity contribution is 0.530. The highest BCUT2D eigenvalue weighted by atomic mass is 79.9. The molecule has 5 rings (SSSR count). The van der Waals surface area contributed by atoms with Gasteiger partial charge in [-0.15, -0.1) is 0 Å². The molecule has 0 aliphatic rings. The van der Waals surface area contributed by atoms with Crippen LogP contribution >= 0.6 is 15.9 Å². The zero-order valence-electron chi connectivity index (χ0n) is 15.6. The highest BCUT2D eigenvalue weighted by molar-refractivity contribution is 9.10. The molecule has 2 heterocycles. The molecule has 0 radical (unpaired) electrons. The van der Waals surface area contributed by atoms with Crippen LogP contribution in [0.3, 0.4) is 0 Å². The topological polar surface area (TPSA) is 30.7 Å². The van der Waals surface area contributed by atoms with Gasteiger partial charge in [0.05, 0.1) is 6.20 Å². The number of benzene rings is 3. The summed E-state index contributed by atoms with van der Waals surface area (Å²) in [5, 5.41) is 0. The lowest BCUT2D eigenvalue weighted by Gasteiger charge is -2.38. The molecule has 2 aromatic heterocycles. The Kier molecular flexibility index (Phi) is 4.49. The molecular formula is C25H18BrN3. The number of fused-ring (bicyclic) bond motifs is 1. The van der Waals surface area contributed by atoms with E-state index in [1.165, 1.54) is 16.7 Å². The summed E-state index contributed by atoms with van der Waals surface area (Å²) in [7, 11) is 0. The van der Waals surface area contributed by atoms with Crippen molar-refractivity contribution in [3.8, 4) is 0 Å². The zero-order chi connectivity index (χ0) is 19.7. The number of hydrogen-bond acceptors (Lipinski definition) is 2. The van der Waals surface area contributed by atoms with Crippen LogP contribution < -0.4 is 0 Å². The van der Waals surface area contributed by atoms with Gasteiger partial charge in [0.2, 0.25) is 0 Å². The summed E-state index contributed by atoms with van der Waals surface area (Å²) in [5.74, 6) is 0. The molecule has 0 fully saturated rings. The first-order valence-corrected chi connectivity index (χ1v) is 10.3. The van der Waals surface area contributed by atoms with E-state index in [9.17, 15) is 0 Å². The predicted octanol–water partition coefficient (Wildman–Crippen LogP) is 6.03. The Morgan fingerprint density at radius 3 is 1.62 bits per heavy atom. The molecule has 0 amide bonds. The van der Waals surface area contributed by atoms with Crippen molar-refractivity contribution in [3.63, 3.8) is 0 Å². The Morgan fingerprint density at radius 1 is 0.655 bits per heavy atom. The van der Waals surface area contributed by atoms with E-state index in [0.717, 1.165) is 15.8 Å². The smallest absolute Gasteiger partial charge is 0.160 e. The lowest BCUT2D eigenvalue weighted by atomic mass is 9.76. The molecule has 29 heavy (non-hydrogen) atoms. The van der Waals surface area contributed by atoms with Crippen LogP contribution in [0.25, 0.3) is 11.2 Å². The highest BCUT2D eigenvalue weighted by Gasteiger charge is 2.39. The van der Waals surface area contributed by atoms with Crippen LogP contribution in [0, 0.1) is 0 Å².